The van der Waals surface area contributed by atoms with E-state index in [0.29, 0.717) is 0 Å². The molecule has 0 bridgehead atoms. The van der Waals surface area contributed by atoms with Crippen LogP contribution >= 0.6 is 11.6 Å². The number of carbonyl (C=O) groups is 1. The van der Waals surface area contributed by atoms with Crippen molar-refractivity contribution in [1.82, 2.24) is 0 Å². The lowest BCUT2D eigenvalue weighted by Crippen LogP contribution is -2.25. The lowest BCUT2D eigenvalue weighted by Gasteiger charge is -2.04. The van der Waals surface area contributed by atoms with Crippen LogP contribution in [0.1, 0.15) is 16.8 Å². The van der Waals surface area contributed by atoms with Crippen LogP contribution in [0.2, 0.25) is 0 Å². The number of fused-ring (bicyclic) bond motifs is 1. The quantitative estimate of drug-likeness (QED) is 0.609. The Hall–Kier alpha value is -1.36. The maximum atomic E-state index is 12.7. The third kappa shape index (κ3) is 2.09. The van der Waals surface area contributed by atoms with E-state index in [1.165, 1.54) is 18.2 Å². The Labute approximate surface area is 94.9 Å². The van der Waals surface area contributed by atoms with Crippen LogP contribution in [0.15, 0.2) is 18.2 Å². The number of ether oxygens (including phenoxy) is 2. The van der Waals surface area contributed by atoms with Crippen molar-refractivity contribution in [2.45, 2.75) is 12.7 Å². The first-order chi connectivity index (χ1) is 7.52. The van der Waals surface area contributed by atoms with Gasteiger partial charge >= 0.3 is 6.29 Å². The van der Waals surface area contributed by atoms with Gasteiger partial charge in [-0.15, -0.1) is 20.4 Å². The van der Waals surface area contributed by atoms with Gasteiger partial charge in [-0.2, -0.15) is 0 Å². The molecule has 3 nitrogen and oxygen atoms in total. The summed E-state index contributed by atoms with van der Waals surface area (Å²) in [4.78, 5) is 11.4. The molecule has 16 heavy (non-hydrogen) atoms. The van der Waals surface area contributed by atoms with Crippen molar-refractivity contribution in [3.8, 4) is 11.5 Å². The van der Waals surface area contributed by atoms with Crippen molar-refractivity contribution in [1.29, 1.82) is 0 Å². The van der Waals surface area contributed by atoms with Gasteiger partial charge in [0.2, 0.25) is 0 Å². The van der Waals surface area contributed by atoms with Crippen molar-refractivity contribution in [3.05, 3.63) is 23.8 Å². The summed E-state index contributed by atoms with van der Waals surface area (Å²) in [5, 5.41) is 0. The lowest BCUT2D eigenvalue weighted by atomic mass is 10.1. The molecule has 0 saturated carbocycles. The second-order valence-corrected chi connectivity index (χ2v) is 3.57. The predicted octanol–water partition coefficient (Wildman–Crippen LogP) is 2.82. The first kappa shape index (κ1) is 11.1. The van der Waals surface area contributed by atoms with E-state index in [-0.39, 0.29) is 35.1 Å². The van der Waals surface area contributed by atoms with Crippen LogP contribution in [0.3, 0.4) is 0 Å². The molecule has 0 N–H and O–H groups in total. The molecule has 1 aromatic carbocycles. The molecule has 1 aliphatic heterocycles. The Morgan fingerprint density at radius 3 is 2.69 bits per heavy atom. The minimum atomic E-state index is -3.66. The van der Waals surface area contributed by atoms with Crippen LogP contribution in [0.5, 0.6) is 11.5 Å². The number of rotatable bonds is 3. The fourth-order valence-corrected chi connectivity index (χ4v) is 1.52. The summed E-state index contributed by atoms with van der Waals surface area (Å²) in [7, 11) is 0. The molecule has 0 aromatic heterocycles. The average molecular weight is 249 g/mol. The van der Waals surface area contributed by atoms with Crippen LogP contribution in [0, 0.1) is 0 Å². The van der Waals surface area contributed by atoms with Crippen LogP contribution in [-0.4, -0.2) is 18.0 Å². The molecule has 0 radical (unpaired) electrons. The number of Topliss-reactive ketones (excluding diaryl/α,β-unsaturated/α-hetero) is 1. The van der Waals surface area contributed by atoms with Crippen molar-refractivity contribution in [2.24, 2.45) is 0 Å². The Morgan fingerprint density at radius 1 is 1.31 bits per heavy atom. The van der Waals surface area contributed by atoms with E-state index in [9.17, 15) is 13.6 Å². The molecule has 0 unspecified atom stereocenters. The first-order valence-corrected chi connectivity index (χ1v) is 5.04. The highest BCUT2D eigenvalue weighted by Crippen LogP contribution is 2.41. The van der Waals surface area contributed by atoms with Crippen molar-refractivity contribution in [3.63, 3.8) is 0 Å². The van der Waals surface area contributed by atoms with Gasteiger partial charge in [0, 0.05) is 17.9 Å². The topological polar surface area (TPSA) is 35.5 Å². The highest BCUT2D eigenvalue weighted by atomic mass is 35.5. The Morgan fingerprint density at radius 2 is 2.00 bits per heavy atom. The first-order valence-electron chi connectivity index (χ1n) is 4.51. The average Bonchev–Trinajstić information content (AvgIpc) is 2.50. The molecular formula is C10H7ClF2O3. The van der Waals surface area contributed by atoms with Crippen molar-refractivity contribution < 1.29 is 23.0 Å². The van der Waals surface area contributed by atoms with Gasteiger partial charge in [0.15, 0.2) is 17.3 Å². The van der Waals surface area contributed by atoms with Gasteiger partial charge in [-0.25, -0.2) is 0 Å². The maximum Gasteiger partial charge on any atom is 0.586 e. The number of ketones is 1. The molecule has 1 aliphatic rings. The molecule has 0 spiro atoms. The summed E-state index contributed by atoms with van der Waals surface area (Å²) >= 11 is 5.41. The minimum absolute atomic E-state index is 0.0765. The molecule has 86 valence electrons. The lowest BCUT2D eigenvalue weighted by molar-refractivity contribution is -0.286. The zero-order valence-corrected chi connectivity index (χ0v) is 8.76. The monoisotopic (exact) mass is 248 g/mol. The van der Waals surface area contributed by atoms with E-state index in [0.717, 1.165) is 0 Å². The van der Waals surface area contributed by atoms with E-state index in [2.05, 4.69) is 9.47 Å². The summed E-state index contributed by atoms with van der Waals surface area (Å²) in [5.74, 6) is -0.252. The molecule has 0 fully saturated rings. The van der Waals surface area contributed by atoms with Gasteiger partial charge in [-0.05, 0) is 18.2 Å². The van der Waals surface area contributed by atoms with E-state index in [4.69, 9.17) is 11.6 Å². The van der Waals surface area contributed by atoms with E-state index >= 15 is 0 Å². The van der Waals surface area contributed by atoms with Gasteiger partial charge in [0.25, 0.3) is 0 Å². The van der Waals surface area contributed by atoms with Crippen LogP contribution in [0.25, 0.3) is 0 Å². The molecule has 0 saturated heterocycles. The number of halogens is 3. The van der Waals surface area contributed by atoms with E-state index < -0.39 is 6.29 Å². The molecule has 0 atom stereocenters. The molecule has 0 aliphatic carbocycles. The molecule has 1 aromatic rings. The van der Waals surface area contributed by atoms with Crippen LogP contribution < -0.4 is 9.47 Å². The Balaban J connectivity index is 2.26. The smallest absolute Gasteiger partial charge is 0.395 e. The van der Waals surface area contributed by atoms with Gasteiger partial charge in [0.1, 0.15) is 0 Å². The predicted molar refractivity (Wildman–Crippen MR) is 52.3 cm³/mol. The summed E-state index contributed by atoms with van der Waals surface area (Å²) in [6.07, 6.45) is -3.51. The van der Waals surface area contributed by atoms with Gasteiger partial charge < -0.3 is 9.47 Å². The van der Waals surface area contributed by atoms with Gasteiger partial charge in [-0.3, -0.25) is 4.79 Å². The van der Waals surface area contributed by atoms with E-state index in [1.54, 1.807) is 0 Å². The highest BCUT2D eigenvalue weighted by molar-refractivity contribution is 6.19. The van der Waals surface area contributed by atoms with Gasteiger partial charge in [0.05, 0.1) is 0 Å². The second-order valence-electron chi connectivity index (χ2n) is 3.19. The molecule has 2 rings (SSSR count). The standard InChI is InChI=1S/C10H7ClF2O3/c11-4-3-7(14)6-1-2-8-9(5-6)16-10(12,13)15-8/h1-2,5H,3-4H2. The summed E-state index contributed by atoms with van der Waals surface area (Å²) in [6.45, 7) is 0. The Kier molecular flexibility index (Phi) is 2.71. The largest absolute Gasteiger partial charge is 0.586 e. The Bertz CT molecular complexity index is 434. The number of carbonyl (C=O) groups excluding carboxylic acids is 1. The third-order valence-corrected chi connectivity index (χ3v) is 2.23. The normalized spacial score (nSPS) is 16.2. The number of benzene rings is 1. The number of hydrogen-bond donors (Lipinski definition) is 0. The molecular weight excluding hydrogens is 242 g/mol. The van der Waals surface area contributed by atoms with Crippen molar-refractivity contribution >= 4 is 17.4 Å². The summed E-state index contributed by atoms with van der Waals surface area (Å²) in [6, 6.07) is 3.90. The van der Waals surface area contributed by atoms with E-state index in [1.807, 2.05) is 0 Å². The zero-order valence-electron chi connectivity index (χ0n) is 8.00. The fraction of sp³-hybridized carbons (Fsp3) is 0.300. The van der Waals surface area contributed by atoms with Crippen molar-refractivity contribution in [2.75, 3.05) is 5.88 Å². The summed E-state index contributed by atoms with van der Waals surface area (Å²) < 4.78 is 33.8. The molecule has 6 heteroatoms. The number of hydrogen-bond acceptors (Lipinski definition) is 3. The van der Waals surface area contributed by atoms with Crippen LogP contribution in [-0.2, 0) is 0 Å². The maximum absolute atomic E-state index is 12.7. The third-order valence-electron chi connectivity index (χ3n) is 2.04. The van der Waals surface area contributed by atoms with Gasteiger partial charge in [-0.1, -0.05) is 0 Å². The summed E-state index contributed by atoms with van der Waals surface area (Å²) in [5.41, 5.74) is 0.278. The minimum Gasteiger partial charge on any atom is -0.395 e. The number of alkyl halides is 3. The fourth-order valence-electron chi connectivity index (χ4n) is 1.35. The highest BCUT2D eigenvalue weighted by Gasteiger charge is 2.43. The zero-order chi connectivity index (χ0) is 11.8. The SMILES string of the molecule is O=C(CCCl)c1ccc2c(c1)OC(F)(F)O2. The molecule has 1 heterocycles. The van der Waals surface area contributed by atoms with Crippen LogP contribution in [0.4, 0.5) is 8.78 Å². The molecule has 0 amide bonds. The second kappa shape index (κ2) is 3.90.